The molecule has 1 fully saturated rings. The van der Waals surface area contributed by atoms with Crippen molar-refractivity contribution >= 4 is 5.91 Å². The zero-order valence-electron chi connectivity index (χ0n) is 11.5. The van der Waals surface area contributed by atoms with Gasteiger partial charge in [0.15, 0.2) is 0 Å². The van der Waals surface area contributed by atoms with E-state index in [0.29, 0.717) is 25.7 Å². The molecule has 102 valence electrons. The number of carbonyl (C=O) groups excluding carboxylic acids is 1. The van der Waals surface area contributed by atoms with Gasteiger partial charge in [0.2, 0.25) is 5.91 Å². The Morgan fingerprint density at radius 1 is 1.33 bits per heavy atom. The molecule has 4 heteroatoms. The lowest BCUT2D eigenvalue weighted by Gasteiger charge is -2.32. The van der Waals surface area contributed by atoms with E-state index in [1.165, 1.54) is 0 Å². The first-order chi connectivity index (χ1) is 8.52. The largest absolute Gasteiger partial charge is 0.388 e. The summed E-state index contributed by atoms with van der Waals surface area (Å²) in [5, 5.41) is 22.2. The predicted octanol–water partition coefficient (Wildman–Crippen LogP) is 2.13. The van der Waals surface area contributed by atoms with E-state index in [9.17, 15) is 15.2 Å². The zero-order chi connectivity index (χ0) is 13.6. The highest BCUT2D eigenvalue weighted by Gasteiger charge is 2.40. The van der Waals surface area contributed by atoms with Crippen molar-refractivity contribution in [3.63, 3.8) is 0 Å². The van der Waals surface area contributed by atoms with Crippen molar-refractivity contribution in [2.24, 2.45) is 5.41 Å². The van der Waals surface area contributed by atoms with Crippen molar-refractivity contribution in [3.8, 4) is 6.07 Å². The normalized spacial score (nSPS) is 19.0. The van der Waals surface area contributed by atoms with Crippen LogP contribution in [0.15, 0.2) is 0 Å². The van der Waals surface area contributed by atoms with Gasteiger partial charge in [-0.15, -0.1) is 0 Å². The number of nitriles is 1. The number of nitrogens with one attached hydrogen (secondary N) is 1. The van der Waals surface area contributed by atoms with E-state index in [0.717, 1.165) is 19.3 Å². The van der Waals surface area contributed by atoms with Crippen LogP contribution < -0.4 is 5.32 Å². The summed E-state index contributed by atoms with van der Waals surface area (Å²) in [6.07, 6.45) is 5.47. The summed E-state index contributed by atoms with van der Waals surface area (Å²) < 4.78 is 0. The van der Waals surface area contributed by atoms with Crippen LogP contribution in [0, 0.1) is 16.7 Å². The Kier molecular flexibility index (Phi) is 5.15. The van der Waals surface area contributed by atoms with Crippen LogP contribution in [0.4, 0.5) is 0 Å². The van der Waals surface area contributed by atoms with Crippen LogP contribution in [0.3, 0.4) is 0 Å². The molecule has 0 unspecified atom stereocenters. The Labute approximate surface area is 109 Å². The number of amides is 1. The van der Waals surface area contributed by atoms with Crippen LogP contribution >= 0.6 is 0 Å². The van der Waals surface area contributed by atoms with Gasteiger partial charge in [-0.2, -0.15) is 5.26 Å². The molecule has 0 radical (unpaired) electrons. The van der Waals surface area contributed by atoms with Gasteiger partial charge in [0.05, 0.1) is 11.7 Å². The molecule has 18 heavy (non-hydrogen) atoms. The van der Waals surface area contributed by atoms with Gasteiger partial charge >= 0.3 is 0 Å². The van der Waals surface area contributed by atoms with Crippen LogP contribution in [-0.4, -0.2) is 23.2 Å². The average molecular weight is 252 g/mol. The summed E-state index contributed by atoms with van der Waals surface area (Å²) in [6, 6.07) is 2.20. The van der Waals surface area contributed by atoms with Gasteiger partial charge in [-0.1, -0.05) is 33.1 Å². The molecule has 0 bridgehead atoms. The molecule has 4 nitrogen and oxygen atoms in total. The molecule has 0 aromatic rings. The predicted molar refractivity (Wildman–Crippen MR) is 69.7 cm³/mol. The van der Waals surface area contributed by atoms with Crippen molar-refractivity contribution in [1.82, 2.24) is 5.32 Å². The highest BCUT2D eigenvalue weighted by Crippen LogP contribution is 2.35. The van der Waals surface area contributed by atoms with E-state index in [1.807, 2.05) is 13.8 Å². The Hall–Kier alpha value is -1.08. The summed E-state index contributed by atoms with van der Waals surface area (Å²) >= 11 is 0. The van der Waals surface area contributed by atoms with E-state index in [-0.39, 0.29) is 12.5 Å². The summed E-state index contributed by atoms with van der Waals surface area (Å²) in [5.74, 6) is -0.204. The second-order valence-electron chi connectivity index (χ2n) is 5.37. The summed E-state index contributed by atoms with van der Waals surface area (Å²) in [5.41, 5.74) is -1.71. The van der Waals surface area contributed by atoms with Gasteiger partial charge in [-0.3, -0.25) is 4.79 Å². The molecule has 0 atom stereocenters. The van der Waals surface area contributed by atoms with Crippen LogP contribution in [0.1, 0.15) is 58.8 Å². The quantitative estimate of drug-likeness (QED) is 0.787. The van der Waals surface area contributed by atoms with Gasteiger partial charge in [0.25, 0.3) is 0 Å². The van der Waals surface area contributed by atoms with Crippen molar-refractivity contribution < 1.29 is 9.90 Å². The van der Waals surface area contributed by atoms with Gasteiger partial charge in [-0.25, -0.2) is 0 Å². The van der Waals surface area contributed by atoms with Crippen LogP contribution in [0.25, 0.3) is 0 Å². The fourth-order valence-electron chi connectivity index (χ4n) is 2.46. The molecule has 0 aromatic carbocycles. The lowest BCUT2D eigenvalue weighted by atomic mass is 9.74. The summed E-state index contributed by atoms with van der Waals surface area (Å²) in [4.78, 5) is 12.2. The van der Waals surface area contributed by atoms with Gasteiger partial charge in [-0.05, 0) is 25.7 Å². The van der Waals surface area contributed by atoms with E-state index < -0.39 is 11.0 Å². The first-order valence-corrected chi connectivity index (χ1v) is 6.94. The Morgan fingerprint density at radius 3 is 2.33 bits per heavy atom. The fourth-order valence-corrected chi connectivity index (χ4v) is 2.46. The average Bonchev–Trinajstić information content (AvgIpc) is 2.45. The van der Waals surface area contributed by atoms with E-state index in [1.54, 1.807) is 0 Å². The number of hydrogen-bond donors (Lipinski definition) is 2. The first-order valence-electron chi connectivity index (χ1n) is 6.94. The Bertz CT molecular complexity index is 323. The molecule has 2 N–H and O–H groups in total. The van der Waals surface area contributed by atoms with Crippen molar-refractivity contribution in [3.05, 3.63) is 0 Å². The van der Waals surface area contributed by atoms with Gasteiger partial charge in [0, 0.05) is 6.54 Å². The SMILES string of the molecule is CCC(O)(CC)CNC(=O)C1(C#N)CCCCC1. The topological polar surface area (TPSA) is 73.1 Å². The number of rotatable bonds is 5. The van der Waals surface area contributed by atoms with E-state index in [2.05, 4.69) is 11.4 Å². The third kappa shape index (κ3) is 3.23. The minimum Gasteiger partial charge on any atom is -0.388 e. The number of nitrogens with zero attached hydrogens (tertiary/aromatic N) is 1. The number of hydrogen-bond acceptors (Lipinski definition) is 3. The molecule has 1 aliphatic rings. The van der Waals surface area contributed by atoms with Crippen LogP contribution in [0.2, 0.25) is 0 Å². The molecule has 0 spiro atoms. The molecule has 0 aliphatic heterocycles. The lowest BCUT2D eigenvalue weighted by molar-refractivity contribution is -0.131. The smallest absolute Gasteiger partial charge is 0.240 e. The van der Waals surface area contributed by atoms with Gasteiger partial charge in [0.1, 0.15) is 5.41 Å². The Morgan fingerprint density at radius 2 is 1.89 bits per heavy atom. The fraction of sp³-hybridized carbons (Fsp3) is 0.857. The van der Waals surface area contributed by atoms with Crippen molar-refractivity contribution in [2.45, 2.75) is 64.4 Å². The zero-order valence-corrected chi connectivity index (χ0v) is 11.5. The first kappa shape index (κ1) is 15.0. The maximum Gasteiger partial charge on any atom is 0.240 e. The molecule has 1 amide bonds. The molecular weight excluding hydrogens is 228 g/mol. The highest BCUT2D eigenvalue weighted by molar-refractivity contribution is 5.85. The van der Waals surface area contributed by atoms with E-state index >= 15 is 0 Å². The highest BCUT2D eigenvalue weighted by atomic mass is 16.3. The molecule has 0 aromatic heterocycles. The minimum absolute atomic E-state index is 0.204. The summed E-state index contributed by atoms with van der Waals surface area (Å²) in [6.45, 7) is 4.04. The molecule has 1 rings (SSSR count). The molecular formula is C14H24N2O2. The number of carbonyl (C=O) groups is 1. The second-order valence-corrected chi connectivity index (χ2v) is 5.37. The standard InChI is InChI=1S/C14H24N2O2/c1-3-14(18,4-2)11-16-12(17)13(10-15)8-6-5-7-9-13/h18H,3-9,11H2,1-2H3,(H,16,17). The van der Waals surface area contributed by atoms with Crippen LogP contribution in [0.5, 0.6) is 0 Å². The van der Waals surface area contributed by atoms with Gasteiger partial charge < -0.3 is 10.4 Å². The third-order valence-corrected chi connectivity index (χ3v) is 4.25. The Balaban J connectivity index is 2.61. The van der Waals surface area contributed by atoms with E-state index in [4.69, 9.17) is 0 Å². The molecule has 0 saturated heterocycles. The van der Waals surface area contributed by atoms with Crippen LogP contribution in [-0.2, 0) is 4.79 Å². The maximum absolute atomic E-state index is 12.2. The monoisotopic (exact) mass is 252 g/mol. The third-order valence-electron chi connectivity index (χ3n) is 4.25. The van der Waals surface area contributed by atoms with Crippen molar-refractivity contribution in [1.29, 1.82) is 5.26 Å². The number of aliphatic hydroxyl groups is 1. The second kappa shape index (κ2) is 6.19. The summed E-state index contributed by atoms with van der Waals surface area (Å²) in [7, 11) is 0. The molecule has 1 aliphatic carbocycles. The van der Waals surface area contributed by atoms with Crippen molar-refractivity contribution in [2.75, 3.05) is 6.54 Å². The molecule has 1 saturated carbocycles. The minimum atomic E-state index is -0.860. The molecule has 0 heterocycles. The maximum atomic E-state index is 12.2. The lowest BCUT2D eigenvalue weighted by Crippen LogP contribution is -2.48.